The average molecular weight is 215 g/mol. The minimum atomic E-state index is 0.617. The molecule has 0 aliphatic rings. The molecule has 16 heavy (non-hydrogen) atoms. The number of anilines is 1. The molecule has 0 saturated heterocycles. The van der Waals surface area contributed by atoms with Crippen LogP contribution in [0.2, 0.25) is 0 Å². The Bertz CT molecular complexity index is 560. The van der Waals surface area contributed by atoms with E-state index >= 15 is 0 Å². The standard InChI is InChI=1S/C11H13N5/c1-4-5-6-15(3)10-7-9(2)14-11-12-8-13-16(10)11/h7-8H,6H2,1-3H3. The highest BCUT2D eigenvalue weighted by atomic mass is 15.4. The summed E-state index contributed by atoms with van der Waals surface area (Å²) >= 11 is 0. The Kier molecular flexibility index (Phi) is 2.73. The topological polar surface area (TPSA) is 46.3 Å². The van der Waals surface area contributed by atoms with E-state index in [4.69, 9.17) is 0 Å². The van der Waals surface area contributed by atoms with E-state index in [1.54, 1.807) is 4.52 Å². The van der Waals surface area contributed by atoms with Crippen molar-refractivity contribution in [1.29, 1.82) is 0 Å². The second-order valence-electron chi connectivity index (χ2n) is 3.51. The lowest BCUT2D eigenvalue weighted by molar-refractivity contribution is 0.871. The molecule has 0 amide bonds. The van der Waals surface area contributed by atoms with Gasteiger partial charge in [0, 0.05) is 18.8 Å². The van der Waals surface area contributed by atoms with E-state index in [2.05, 4.69) is 26.9 Å². The Balaban J connectivity index is 2.48. The van der Waals surface area contributed by atoms with Gasteiger partial charge >= 0.3 is 0 Å². The predicted octanol–water partition coefficient (Wildman–Crippen LogP) is 0.892. The third kappa shape index (κ3) is 1.82. The highest BCUT2D eigenvalue weighted by Gasteiger charge is 2.08. The minimum absolute atomic E-state index is 0.617. The molecule has 82 valence electrons. The van der Waals surface area contributed by atoms with Gasteiger partial charge in [-0.1, -0.05) is 5.92 Å². The fourth-order valence-electron chi connectivity index (χ4n) is 1.46. The first-order valence-corrected chi connectivity index (χ1v) is 5.00. The molecule has 0 spiro atoms. The summed E-state index contributed by atoms with van der Waals surface area (Å²) in [6.07, 6.45) is 1.50. The summed E-state index contributed by atoms with van der Waals surface area (Å²) in [4.78, 5) is 10.4. The Hall–Kier alpha value is -2.09. The van der Waals surface area contributed by atoms with Crippen molar-refractivity contribution in [3.8, 4) is 11.8 Å². The van der Waals surface area contributed by atoms with Gasteiger partial charge < -0.3 is 4.90 Å². The van der Waals surface area contributed by atoms with Crippen molar-refractivity contribution in [2.75, 3.05) is 18.5 Å². The van der Waals surface area contributed by atoms with Crippen LogP contribution in [0.25, 0.3) is 5.78 Å². The molecule has 0 aliphatic carbocycles. The predicted molar refractivity (Wildman–Crippen MR) is 62.2 cm³/mol. The van der Waals surface area contributed by atoms with Gasteiger partial charge in [-0.15, -0.1) is 5.92 Å². The van der Waals surface area contributed by atoms with Crippen LogP contribution in [-0.2, 0) is 0 Å². The van der Waals surface area contributed by atoms with E-state index < -0.39 is 0 Å². The first-order chi connectivity index (χ1) is 7.72. The average Bonchev–Trinajstić information content (AvgIpc) is 2.72. The fraction of sp³-hybridized carbons (Fsp3) is 0.364. The number of nitrogens with zero attached hydrogens (tertiary/aromatic N) is 5. The molecular formula is C11H13N5. The molecular weight excluding hydrogens is 202 g/mol. The zero-order valence-corrected chi connectivity index (χ0v) is 9.60. The van der Waals surface area contributed by atoms with E-state index in [1.165, 1.54) is 6.33 Å². The monoisotopic (exact) mass is 215 g/mol. The first-order valence-electron chi connectivity index (χ1n) is 5.00. The first kappa shape index (κ1) is 10.4. The van der Waals surface area contributed by atoms with E-state index in [1.807, 2.05) is 31.9 Å². The second-order valence-corrected chi connectivity index (χ2v) is 3.51. The highest BCUT2D eigenvalue weighted by molar-refractivity contribution is 5.47. The number of aromatic nitrogens is 4. The molecule has 0 atom stereocenters. The lowest BCUT2D eigenvalue weighted by Gasteiger charge is -2.16. The smallest absolute Gasteiger partial charge is 0.254 e. The molecule has 0 saturated carbocycles. The maximum atomic E-state index is 4.29. The number of hydrogen-bond acceptors (Lipinski definition) is 4. The third-order valence-corrected chi connectivity index (χ3v) is 2.25. The van der Waals surface area contributed by atoms with Crippen molar-refractivity contribution >= 4 is 11.6 Å². The van der Waals surface area contributed by atoms with Gasteiger partial charge in [-0.3, -0.25) is 0 Å². The second kappa shape index (κ2) is 4.19. The summed E-state index contributed by atoms with van der Waals surface area (Å²) in [5.74, 6) is 7.45. The molecule has 0 radical (unpaired) electrons. The maximum Gasteiger partial charge on any atom is 0.254 e. The molecule has 0 aromatic carbocycles. The van der Waals surface area contributed by atoms with Crippen LogP contribution >= 0.6 is 0 Å². The Morgan fingerprint density at radius 1 is 1.50 bits per heavy atom. The zero-order chi connectivity index (χ0) is 11.5. The van der Waals surface area contributed by atoms with Crippen molar-refractivity contribution in [3.63, 3.8) is 0 Å². The number of aryl methyl sites for hydroxylation is 1. The van der Waals surface area contributed by atoms with Crippen LogP contribution in [-0.4, -0.2) is 33.2 Å². The van der Waals surface area contributed by atoms with Gasteiger partial charge in [0.15, 0.2) is 0 Å². The summed E-state index contributed by atoms with van der Waals surface area (Å²) in [7, 11) is 1.97. The molecule has 0 unspecified atom stereocenters. The molecule has 5 nitrogen and oxygen atoms in total. The van der Waals surface area contributed by atoms with Crippen molar-refractivity contribution in [2.24, 2.45) is 0 Å². The van der Waals surface area contributed by atoms with E-state index in [9.17, 15) is 0 Å². The van der Waals surface area contributed by atoms with E-state index in [0.717, 1.165) is 11.5 Å². The zero-order valence-electron chi connectivity index (χ0n) is 9.60. The van der Waals surface area contributed by atoms with Crippen LogP contribution < -0.4 is 4.90 Å². The van der Waals surface area contributed by atoms with Crippen molar-refractivity contribution in [3.05, 3.63) is 18.1 Å². The molecule has 0 aliphatic heterocycles. The van der Waals surface area contributed by atoms with Crippen molar-refractivity contribution < 1.29 is 0 Å². The van der Waals surface area contributed by atoms with Crippen molar-refractivity contribution in [1.82, 2.24) is 19.6 Å². The Morgan fingerprint density at radius 2 is 2.31 bits per heavy atom. The lowest BCUT2D eigenvalue weighted by Crippen LogP contribution is -2.21. The molecule has 2 rings (SSSR count). The summed E-state index contributed by atoms with van der Waals surface area (Å²) in [5, 5.41) is 4.14. The summed E-state index contributed by atoms with van der Waals surface area (Å²) in [6.45, 7) is 4.43. The van der Waals surface area contributed by atoms with Crippen LogP contribution in [0.5, 0.6) is 0 Å². The molecule has 2 aromatic heterocycles. The van der Waals surface area contributed by atoms with Gasteiger partial charge in [-0.2, -0.15) is 14.6 Å². The Morgan fingerprint density at radius 3 is 3.06 bits per heavy atom. The molecule has 0 bridgehead atoms. The van der Waals surface area contributed by atoms with Gasteiger partial charge in [0.25, 0.3) is 5.78 Å². The molecule has 2 aromatic rings. The normalized spacial score (nSPS) is 9.94. The Labute approximate surface area is 94.1 Å². The fourth-order valence-corrected chi connectivity index (χ4v) is 1.46. The number of hydrogen-bond donors (Lipinski definition) is 0. The maximum absolute atomic E-state index is 4.29. The molecule has 2 heterocycles. The van der Waals surface area contributed by atoms with Crippen LogP contribution in [0.4, 0.5) is 5.82 Å². The summed E-state index contributed by atoms with van der Waals surface area (Å²) in [5.41, 5.74) is 0.923. The lowest BCUT2D eigenvalue weighted by atomic mass is 10.4. The van der Waals surface area contributed by atoms with Gasteiger partial charge in [-0.05, 0) is 13.8 Å². The van der Waals surface area contributed by atoms with Crippen LogP contribution in [0.3, 0.4) is 0 Å². The van der Waals surface area contributed by atoms with Crippen LogP contribution in [0.1, 0.15) is 12.6 Å². The van der Waals surface area contributed by atoms with Gasteiger partial charge in [0.05, 0.1) is 6.54 Å². The third-order valence-electron chi connectivity index (χ3n) is 2.25. The quantitative estimate of drug-likeness (QED) is 0.698. The van der Waals surface area contributed by atoms with Crippen LogP contribution in [0, 0.1) is 18.8 Å². The minimum Gasteiger partial charge on any atom is -0.348 e. The SMILES string of the molecule is CC#CCN(C)c1cc(C)nc2ncnn12. The van der Waals surface area contributed by atoms with Gasteiger partial charge in [0.2, 0.25) is 0 Å². The van der Waals surface area contributed by atoms with E-state index in [0.29, 0.717) is 12.3 Å². The summed E-state index contributed by atoms with van der Waals surface area (Å²) < 4.78 is 1.71. The highest BCUT2D eigenvalue weighted by Crippen LogP contribution is 2.13. The van der Waals surface area contributed by atoms with Gasteiger partial charge in [-0.25, -0.2) is 4.98 Å². The molecule has 0 N–H and O–H groups in total. The largest absolute Gasteiger partial charge is 0.348 e. The summed E-state index contributed by atoms with van der Waals surface area (Å²) in [6, 6.07) is 1.97. The van der Waals surface area contributed by atoms with Crippen LogP contribution in [0.15, 0.2) is 12.4 Å². The number of rotatable bonds is 2. The van der Waals surface area contributed by atoms with E-state index in [-0.39, 0.29) is 0 Å². The van der Waals surface area contributed by atoms with Gasteiger partial charge in [0.1, 0.15) is 12.1 Å². The number of fused-ring (bicyclic) bond motifs is 1. The molecule has 0 fully saturated rings. The molecule has 5 heteroatoms. The van der Waals surface area contributed by atoms with Crippen molar-refractivity contribution in [2.45, 2.75) is 13.8 Å².